The first-order valence-corrected chi connectivity index (χ1v) is 4.76. The van der Waals surface area contributed by atoms with Crippen molar-refractivity contribution in [2.24, 2.45) is 0 Å². The van der Waals surface area contributed by atoms with Crippen molar-refractivity contribution in [1.29, 1.82) is 0 Å². The molecule has 0 amide bonds. The lowest BCUT2D eigenvalue weighted by molar-refractivity contribution is 1.12. The second-order valence-electron chi connectivity index (χ2n) is 3.46. The van der Waals surface area contributed by atoms with Crippen molar-refractivity contribution >= 4 is 27.5 Å². The molecule has 0 bridgehead atoms. The molecule has 0 atom stereocenters. The number of nitrogen functional groups attached to an aromatic ring is 1. The number of nitrogens with zero attached hydrogens (tertiary/aromatic N) is 2. The molecule has 3 aromatic rings. The van der Waals surface area contributed by atoms with Gasteiger partial charge < -0.3 is 5.73 Å². The molecule has 15 heavy (non-hydrogen) atoms. The van der Waals surface area contributed by atoms with E-state index in [-0.39, 0.29) is 0 Å². The third kappa shape index (κ3) is 1.13. The maximum atomic E-state index is 5.84. The summed E-state index contributed by atoms with van der Waals surface area (Å²) in [6.07, 6.45) is 0. The van der Waals surface area contributed by atoms with Gasteiger partial charge in [0.2, 0.25) is 0 Å². The summed E-state index contributed by atoms with van der Waals surface area (Å²) in [6, 6.07) is 13.7. The lowest BCUT2D eigenvalue weighted by atomic mass is 10.1. The van der Waals surface area contributed by atoms with Crippen LogP contribution in [0, 0.1) is 0 Å². The van der Waals surface area contributed by atoms with E-state index >= 15 is 0 Å². The Morgan fingerprint density at radius 2 is 1.60 bits per heavy atom. The van der Waals surface area contributed by atoms with Crippen LogP contribution in [0.1, 0.15) is 0 Å². The monoisotopic (exact) mass is 195 g/mol. The minimum absolute atomic E-state index is 0.672. The van der Waals surface area contributed by atoms with Gasteiger partial charge in [0.1, 0.15) is 5.52 Å². The van der Waals surface area contributed by atoms with Crippen LogP contribution in [0.15, 0.2) is 42.5 Å². The quantitative estimate of drug-likeness (QED) is 0.442. The first kappa shape index (κ1) is 8.17. The van der Waals surface area contributed by atoms with Crippen molar-refractivity contribution in [2.45, 2.75) is 0 Å². The highest BCUT2D eigenvalue weighted by Crippen LogP contribution is 2.24. The number of benzene rings is 2. The summed E-state index contributed by atoms with van der Waals surface area (Å²) >= 11 is 0. The van der Waals surface area contributed by atoms with Crippen molar-refractivity contribution in [3.63, 3.8) is 0 Å². The fraction of sp³-hybridized carbons (Fsp3) is 0. The van der Waals surface area contributed by atoms with E-state index in [9.17, 15) is 0 Å². The minimum atomic E-state index is 0.672. The van der Waals surface area contributed by atoms with Gasteiger partial charge in [0.25, 0.3) is 0 Å². The van der Waals surface area contributed by atoms with E-state index in [1.54, 1.807) is 0 Å². The third-order valence-corrected chi connectivity index (χ3v) is 2.52. The van der Waals surface area contributed by atoms with Crippen LogP contribution >= 0.6 is 0 Å². The second-order valence-corrected chi connectivity index (χ2v) is 3.46. The van der Waals surface area contributed by atoms with Gasteiger partial charge in [-0.25, -0.2) is 0 Å². The third-order valence-electron chi connectivity index (χ3n) is 2.52. The molecule has 1 heterocycles. The highest BCUT2D eigenvalue weighted by molar-refractivity contribution is 6.06. The van der Waals surface area contributed by atoms with Gasteiger partial charge >= 0.3 is 0 Å². The van der Waals surface area contributed by atoms with Gasteiger partial charge in [-0.15, -0.1) is 10.2 Å². The van der Waals surface area contributed by atoms with E-state index in [0.717, 1.165) is 21.8 Å². The lowest BCUT2D eigenvalue weighted by Gasteiger charge is -2.03. The molecule has 0 aliphatic rings. The van der Waals surface area contributed by atoms with Crippen LogP contribution < -0.4 is 5.73 Å². The summed E-state index contributed by atoms with van der Waals surface area (Å²) in [5.41, 5.74) is 8.19. The number of aromatic nitrogens is 2. The number of hydrogen-bond acceptors (Lipinski definition) is 3. The molecule has 0 aliphatic heterocycles. The predicted molar refractivity (Wildman–Crippen MR) is 61.5 cm³/mol. The highest BCUT2D eigenvalue weighted by atomic mass is 15.1. The van der Waals surface area contributed by atoms with Crippen LogP contribution in [0.4, 0.5) is 5.69 Å². The zero-order valence-corrected chi connectivity index (χ0v) is 8.01. The van der Waals surface area contributed by atoms with Gasteiger partial charge in [0.15, 0.2) is 0 Å². The molecule has 0 aliphatic carbocycles. The first-order chi connectivity index (χ1) is 7.36. The van der Waals surface area contributed by atoms with Crippen LogP contribution in [0.5, 0.6) is 0 Å². The molecule has 72 valence electrons. The fourth-order valence-corrected chi connectivity index (χ4v) is 1.78. The average molecular weight is 195 g/mol. The molecule has 2 aromatic carbocycles. The maximum absolute atomic E-state index is 5.84. The summed E-state index contributed by atoms with van der Waals surface area (Å²) in [5, 5.41) is 10.4. The Morgan fingerprint density at radius 3 is 2.53 bits per heavy atom. The lowest BCUT2D eigenvalue weighted by Crippen LogP contribution is -1.92. The normalized spacial score (nSPS) is 10.9. The molecule has 3 heteroatoms. The van der Waals surface area contributed by atoms with E-state index in [1.807, 2.05) is 42.5 Å². The van der Waals surface area contributed by atoms with Gasteiger partial charge in [0.05, 0.1) is 11.2 Å². The Kier molecular flexibility index (Phi) is 1.59. The Bertz CT molecular complexity index is 646. The number of anilines is 1. The van der Waals surface area contributed by atoms with Gasteiger partial charge in [-0.1, -0.05) is 30.3 Å². The average Bonchev–Trinajstić information content (AvgIpc) is 2.29. The van der Waals surface area contributed by atoms with Crippen molar-refractivity contribution < 1.29 is 0 Å². The fourth-order valence-electron chi connectivity index (χ4n) is 1.78. The van der Waals surface area contributed by atoms with Crippen molar-refractivity contribution in [3.05, 3.63) is 42.5 Å². The van der Waals surface area contributed by atoms with Gasteiger partial charge in [-0.3, -0.25) is 0 Å². The van der Waals surface area contributed by atoms with Gasteiger partial charge in [0, 0.05) is 10.8 Å². The molecule has 2 N–H and O–H groups in total. The molecule has 0 saturated heterocycles. The number of hydrogen-bond donors (Lipinski definition) is 1. The zero-order chi connectivity index (χ0) is 10.3. The summed E-state index contributed by atoms with van der Waals surface area (Å²) in [5.74, 6) is 0. The van der Waals surface area contributed by atoms with E-state index in [2.05, 4.69) is 10.2 Å². The van der Waals surface area contributed by atoms with E-state index in [1.165, 1.54) is 0 Å². The summed E-state index contributed by atoms with van der Waals surface area (Å²) in [4.78, 5) is 0. The van der Waals surface area contributed by atoms with Crippen molar-refractivity contribution in [3.8, 4) is 0 Å². The van der Waals surface area contributed by atoms with Crippen molar-refractivity contribution in [2.75, 3.05) is 5.73 Å². The van der Waals surface area contributed by atoms with Crippen LogP contribution in [0.3, 0.4) is 0 Å². The molecular weight excluding hydrogens is 186 g/mol. The number of fused-ring (bicyclic) bond motifs is 3. The smallest absolute Gasteiger partial charge is 0.116 e. The maximum Gasteiger partial charge on any atom is 0.116 e. The summed E-state index contributed by atoms with van der Waals surface area (Å²) in [7, 11) is 0. The topological polar surface area (TPSA) is 51.8 Å². The van der Waals surface area contributed by atoms with Gasteiger partial charge in [-0.05, 0) is 12.1 Å². The second kappa shape index (κ2) is 2.92. The molecule has 3 nitrogen and oxygen atoms in total. The summed E-state index contributed by atoms with van der Waals surface area (Å²) < 4.78 is 0. The molecule has 0 spiro atoms. The van der Waals surface area contributed by atoms with E-state index < -0.39 is 0 Å². The molecule has 1 aromatic heterocycles. The zero-order valence-electron chi connectivity index (χ0n) is 8.01. The Morgan fingerprint density at radius 1 is 0.800 bits per heavy atom. The minimum Gasteiger partial charge on any atom is -0.397 e. The van der Waals surface area contributed by atoms with Crippen LogP contribution in [-0.4, -0.2) is 10.2 Å². The number of rotatable bonds is 0. The molecule has 0 radical (unpaired) electrons. The standard InChI is InChI=1S/C12H9N3/c13-10-6-3-5-9-8-4-1-2-7-11(8)14-15-12(9)10/h1-7H,13H2. The van der Waals surface area contributed by atoms with Crippen molar-refractivity contribution in [1.82, 2.24) is 10.2 Å². The van der Waals surface area contributed by atoms with Crippen LogP contribution in [-0.2, 0) is 0 Å². The first-order valence-electron chi connectivity index (χ1n) is 4.76. The van der Waals surface area contributed by atoms with E-state index in [4.69, 9.17) is 5.73 Å². The van der Waals surface area contributed by atoms with Crippen LogP contribution in [0.2, 0.25) is 0 Å². The Balaban J connectivity index is 2.60. The SMILES string of the molecule is Nc1cccc2c1nnc1ccccc12. The predicted octanol–water partition coefficient (Wildman–Crippen LogP) is 2.37. The number of nitrogens with two attached hydrogens (primary N) is 1. The Labute approximate surface area is 86.5 Å². The largest absolute Gasteiger partial charge is 0.397 e. The highest BCUT2D eigenvalue weighted by Gasteiger charge is 2.03. The molecule has 3 rings (SSSR count). The Hall–Kier alpha value is -2.16. The van der Waals surface area contributed by atoms with Crippen LogP contribution in [0.25, 0.3) is 21.8 Å². The van der Waals surface area contributed by atoms with Gasteiger partial charge in [-0.2, -0.15) is 0 Å². The molecule has 0 unspecified atom stereocenters. The summed E-state index contributed by atoms with van der Waals surface area (Å²) in [6.45, 7) is 0. The molecular formula is C12H9N3. The van der Waals surface area contributed by atoms with E-state index in [0.29, 0.717) is 5.69 Å². The molecule has 0 saturated carbocycles. The molecule has 0 fully saturated rings.